The Kier molecular flexibility index (Phi) is 4.67. The Bertz CT molecular complexity index is 644. The summed E-state index contributed by atoms with van der Waals surface area (Å²) >= 11 is 1.51. The molecule has 1 aliphatic heterocycles. The third-order valence-corrected chi connectivity index (χ3v) is 4.70. The van der Waals surface area contributed by atoms with Gasteiger partial charge in [0, 0.05) is 12.0 Å². The average Bonchev–Trinajstić information content (AvgIpc) is 3.20. The molecule has 8 nitrogen and oxygen atoms in total. The van der Waals surface area contributed by atoms with Crippen molar-refractivity contribution in [3.8, 4) is 0 Å². The maximum absolute atomic E-state index is 5.65. The smallest absolute Gasteiger partial charge is 0.239 e. The third kappa shape index (κ3) is 3.89. The molecule has 1 fully saturated rings. The second-order valence-electron chi connectivity index (χ2n) is 6.74. The molecule has 1 aliphatic rings. The largest absolute Gasteiger partial charge is 0.376 e. The first-order valence-corrected chi connectivity index (χ1v) is 8.70. The molecule has 3 rings (SSSR count). The van der Waals surface area contributed by atoms with Crippen LogP contribution in [0.15, 0.2) is 9.68 Å². The van der Waals surface area contributed by atoms with Gasteiger partial charge in [0.15, 0.2) is 5.82 Å². The van der Waals surface area contributed by atoms with Crippen molar-refractivity contribution >= 4 is 11.8 Å². The molecule has 0 N–H and O–H groups in total. The minimum Gasteiger partial charge on any atom is -0.376 e. The van der Waals surface area contributed by atoms with Gasteiger partial charge in [-0.25, -0.2) is 4.68 Å². The van der Waals surface area contributed by atoms with E-state index in [1.807, 2.05) is 6.92 Å². The van der Waals surface area contributed by atoms with Gasteiger partial charge in [0.2, 0.25) is 11.0 Å². The SMILES string of the molecule is C[C@H](Sc1nnnn1C[C@@H]1CCCO1)c1nc(C(C)(C)C)no1. The lowest BCUT2D eigenvalue weighted by Crippen LogP contribution is -2.17. The molecule has 3 heterocycles. The fourth-order valence-corrected chi connectivity index (χ4v) is 3.12. The molecule has 0 bridgehead atoms. The van der Waals surface area contributed by atoms with E-state index in [4.69, 9.17) is 9.26 Å². The Balaban J connectivity index is 1.67. The molecule has 0 spiro atoms. The first-order chi connectivity index (χ1) is 10.9. The van der Waals surface area contributed by atoms with Crippen LogP contribution in [-0.2, 0) is 16.7 Å². The predicted octanol–water partition coefficient (Wildman–Crippen LogP) is 2.39. The van der Waals surface area contributed by atoms with Crippen LogP contribution in [0.5, 0.6) is 0 Å². The Hall–Kier alpha value is -1.48. The molecule has 0 amide bonds. The summed E-state index contributed by atoms with van der Waals surface area (Å²) in [6.45, 7) is 9.68. The standard InChI is InChI=1S/C14H22N6O2S/c1-9(11-15-12(17-22-11)14(2,3)4)23-13-16-18-19-20(13)8-10-6-5-7-21-10/h9-10H,5-8H2,1-4H3/t9-,10-/m0/s1. The fraction of sp³-hybridized carbons (Fsp3) is 0.786. The highest BCUT2D eigenvalue weighted by molar-refractivity contribution is 7.99. The van der Waals surface area contributed by atoms with Gasteiger partial charge >= 0.3 is 0 Å². The first-order valence-electron chi connectivity index (χ1n) is 7.82. The second-order valence-corrected chi connectivity index (χ2v) is 8.05. The molecule has 1 saturated heterocycles. The lowest BCUT2D eigenvalue weighted by atomic mass is 9.96. The van der Waals surface area contributed by atoms with Crippen molar-refractivity contribution in [3.63, 3.8) is 0 Å². The van der Waals surface area contributed by atoms with E-state index < -0.39 is 0 Å². The van der Waals surface area contributed by atoms with Crippen LogP contribution in [0.3, 0.4) is 0 Å². The van der Waals surface area contributed by atoms with Gasteiger partial charge in [-0.15, -0.1) is 5.10 Å². The highest BCUT2D eigenvalue weighted by atomic mass is 32.2. The molecule has 0 saturated carbocycles. The monoisotopic (exact) mass is 338 g/mol. The van der Waals surface area contributed by atoms with Crippen molar-refractivity contribution in [2.24, 2.45) is 0 Å². The number of aromatic nitrogens is 6. The summed E-state index contributed by atoms with van der Waals surface area (Å²) < 4.78 is 12.8. The minimum atomic E-state index is -0.131. The van der Waals surface area contributed by atoms with Crippen LogP contribution in [0, 0.1) is 0 Å². The lowest BCUT2D eigenvalue weighted by molar-refractivity contribution is 0.0911. The van der Waals surface area contributed by atoms with Gasteiger partial charge in [-0.1, -0.05) is 37.7 Å². The minimum absolute atomic E-state index is 0.0205. The maximum atomic E-state index is 5.65. The van der Waals surface area contributed by atoms with Crippen molar-refractivity contribution in [2.75, 3.05) is 6.61 Å². The Morgan fingerprint density at radius 2 is 2.22 bits per heavy atom. The van der Waals surface area contributed by atoms with Gasteiger partial charge in [-0.05, 0) is 30.2 Å². The van der Waals surface area contributed by atoms with Gasteiger partial charge < -0.3 is 9.26 Å². The molecular formula is C14H22N6O2S. The third-order valence-electron chi connectivity index (χ3n) is 3.64. The van der Waals surface area contributed by atoms with Gasteiger partial charge in [0.25, 0.3) is 0 Å². The summed E-state index contributed by atoms with van der Waals surface area (Å²) in [6.07, 6.45) is 2.35. The second kappa shape index (κ2) is 6.56. The van der Waals surface area contributed by atoms with Gasteiger partial charge in [-0.2, -0.15) is 4.98 Å². The highest BCUT2D eigenvalue weighted by Crippen LogP contribution is 2.33. The van der Waals surface area contributed by atoms with E-state index in [0.29, 0.717) is 18.3 Å². The van der Waals surface area contributed by atoms with Gasteiger partial charge in [0.05, 0.1) is 17.9 Å². The highest BCUT2D eigenvalue weighted by Gasteiger charge is 2.25. The Morgan fingerprint density at radius 3 is 2.87 bits per heavy atom. The summed E-state index contributed by atoms with van der Waals surface area (Å²) in [5, 5.41) is 16.7. The van der Waals surface area contributed by atoms with E-state index in [2.05, 4.69) is 46.4 Å². The number of hydrogen-bond donors (Lipinski definition) is 0. The summed E-state index contributed by atoms with van der Waals surface area (Å²) in [5.41, 5.74) is -0.131. The topological polar surface area (TPSA) is 91.8 Å². The van der Waals surface area contributed by atoms with E-state index in [0.717, 1.165) is 24.6 Å². The first kappa shape index (κ1) is 16.4. The summed E-state index contributed by atoms with van der Waals surface area (Å²) in [6, 6.07) is 0. The van der Waals surface area contributed by atoms with Crippen LogP contribution >= 0.6 is 11.8 Å². The number of thioether (sulfide) groups is 1. The molecule has 0 unspecified atom stereocenters. The van der Waals surface area contributed by atoms with Crippen LogP contribution in [0.2, 0.25) is 0 Å². The molecule has 126 valence electrons. The van der Waals surface area contributed by atoms with Crippen molar-refractivity contribution < 1.29 is 9.26 Å². The zero-order chi connectivity index (χ0) is 16.4. The normalized spacial score (nSPS) is 20.1. The van der Waals surface area contributed by atoms with E-state index in [9.17, 15) is 0 Å². The van der Waals surface area contributed by atoms with E-state index in [-0.39, 0.29) is 16.8 Å². The fourth-order valence-electron chi connectivity index (χ4n) is 2.29. The average molecular weight is 338 g/mol. The molecule has 9 heteroatoms. The molecule has 23 heavy (non-hydrogen) atoms. The van der Waals surface area contributed by atoms with Crippen molar-refractivity contribution in [1.29, 1.82) is 0 Å². The zero-order valence-corrected chi connectivity index (χ0v) is 14.7. The number of ether oxygens (including phenoxy) is 1. The quantitative estimate of drug-likeness (QED) is 0.767. The molecule has 0 aliphatic carbocycles. The predicted molar refractivity (Wildman–Crippen MR) is 84.1 cm³/mol. The van der Waals surface area contributed by atoms with Crippen LogP contribution < -0.4 is 0 Å². The number of hydrogen-bond acceptors (Lipinski definition) is 8. The molecule has 2 aromatic heterocycles. The molecular weight excluding hydrogens is 316 g/mol. The maximum Gasteiger partial charge on any atom is 0.239 e. The van der Waals surface area contributed by atoms with Crippen molar-refractivity contribution in [1.82, 2.24) is 30.3 Å². The molecule has 2 atom stereocenters. The van der Waals surface area contributed by atoms with Gasteiger partial charge in [0.1, 0.15) is 0 Å². The summed E-state index contributed by atoms with van der Waals surface area (Å²) in [5.74, 6) is 1.30. The molecule has 2 aromatic rings. The summed E-state index contributed by atoms with van der Waals surface area (Å²) in [4.78, 5) is 4.49. The van der Waals surface area contributed by atoms with Crippen LogP contribution in [0.1, 0.15) is 57.5 Å². The van der Waals surface area contributed by atoms with Crippen molar-refractivity contribution in [2.45, 2.75) is 69.0 Å². The lowest BCUT2D eigenvalue weighted by Gasteiger charge is -2.12. The van der Waals surface area contributed by atoms with E-state index in [1.165, 1.54) is 11.8 Å². The summed E-state index contributed by atoms with van der Waals surface area (Å²) in [7, 11) is 0. The number of rotatable bonds is 5. The zero-order valence-electron chi connectivity index (χ0n) is 13.9. The van der Waals surface area contributed by atoms with Crippen LogP contribution in [0.4, 0.5) is 0 Å². The van der Waals surface area contributed by atoms with Gasteiger partial charge in [-0.3, -0.25) is 0 Å². The Morgan fingerprint density at radius 1 is 1.39 bits per heavy atom. The van der Waals surface area contributed by atoms with Crippen molar-refractivity contribution in [3.05, 3.63) is 11.7 Å². The molecule has 0 aromatic carbocycles. The van der Waals surface area contributed by atoms with Crippen LogP contribution in [-0.4, -0.2) is 43.1 Å². The Labute approximate surface area is 139 Å². The van der Waals surface area contributed by atoms with E-state index >= 15 is 0 Å². The molecule has 0 radical (unpaired) electrons. The van der Waals surface area contributed by atoms with E-state index in [1.54, 1.807) is 4.68 Å². The number of tetrazole rings is 1. The number of nitrogens with zero attached hydrogens (tertiary/aromatic N) is 6. The van der Waals surface area contributed by atoms with Crippen LogP contribution in [0.25, 0.3) is 0 Å².